The Balaban J connectivity index is 2.02. The summed E-state index contributed by atoms with van der Waals surface area (Å²) >= 11 is 5.96. The third-order valence-corrected chi connectivity index (χ3v) is 3.57. The molecule has 3 rings (SSSR count). The highest BCUT2D eigenvalue weighted by atomic mass is 35.5. The number of fused-ring (bicyclic) bond motifs is 1. The van der Waals surface area contributed by atoms with Gasteiger partial charge in [-0.15, -0.1) is 0 Å². The van der Waals surface area contributed by atoms with E-state index in [1.165, 1.54) is 0 Å². The van der Waals surface area contributed by atoms with Crippen LogP contribution in [0.4, 0.5) is 5.69 Å². The number of carbonyl (C=O) groups is 1. The van der Waals surface area contributed by atoms with Crippen LogP contribution in [0.3, 0.4) is 0 Å². The van der Waals surface area contributed by atoms with E-state index in [-0.39, 0.29) is 12.0 Å². The second-order valence-corrected chi connectivity index (χ2v) is 5.40. The minimum absolute atomic E-state index is 0.0374. The number of halogens is 1. The predicted octanol–water partition coefficient (Wildman–Crippen LogP) is 3.11. The molecule has 1 aromatic carbocycles. The molecule has 5 heteroatoms. The molecular weight excluding hydrogens is 276 g/mol. The van der Waals surface area contributed by atoms with Gasteiger partial charge in [0, 0.05) is 13.2 Å². The number of amides is 1. The van der Waals surface area contributed by atoms with Crippen molar-refractivity contribution in [1.82, 2.24) is 4.57 Å². The first-order valence-corrected chi connectivity index (χ1v) is 6.83. The average Bonchev–Trinajstić information content (AvgIpc) is 2.76. The van der Waals surface area contributed by atoms with Crippen LogP contribution >= 0.6 is 11.6 Å². The largest absolute Gasteiger partial charge is 0.487 e. The molecule has 2 aromatic rings. The zero-order chi connectivity index (χ0) is 14.3. The Bertz CT molecular complexity index is 666. The highest BCUT2D eigenvalue weighted by molar-refractivity contribution is 6.31. The smallest absolute Gasteiger partial charge is 0.275 e. The summed E-state index contributed by atoms with van der Waals surface area (Å²) in [5.41, 5.74) is 1.37. The first-order chi connectivity index (χ1) is 9.56. The van der Waals surface area contributed by atoms with Crippen molar-refractivity contribution in [3.63, 3.8) is 0 Å². The Morgan fingerprint density at radius 2 is 2.15 bits per heavy atom. The molecule has 0 N–H and O–H groups in total. The highest BCUT2D eigenvalue weighted by Crippen LogP contribution is 2.34. The fraction of sp³-hybridized carbons (Fsp3) is 0.267. The topological polar surface area (TPSA) is 34.5 Å². The van der Waals surface area contributed by atoms with Gasteiger partial charge in [-0.05, 0) is 25.1 Å². The lowest BCUT2D eigenvalue weighted by Crippen LogP contribution is -2.42. The fourth-order valence-electron chi connectivity index (χ4n) is 2.46. The van der Waals surface area contributed by atoms with Gasteiger partial charge in [-0.25, -0.2) is 0 Å². The van der Waals surface area contributed by atoms with E-state index in [1.807, 2.05) is 38.2 Å². The summed E-state index contributed by atoms with van der Waals surface area (Å²) < 4.78 is 7.50. The van der Waals surface area contributed by atoms with Crippen LogP contribution in [0.5, 0.6) is 5.75 Å². The molecule has 1 aliphatic heterocycles. The van der Waals surface area contributed by atoms with E-state index < -0.39 is 0 Å². The zero-order valence-electron chi connectivity index (χ0n) is 11.3. The van der Waals surface area contributed by atoms with Crippen molar-refractivity contribution in [3.8, 4) is 5.75 Å². The van der Waals surface area contributed by atoms with Gasteiger partial charge in [0.1, 0.15) is 17.5 Å². The minimum Gasteiger partial charge on any atom is -0.487 e. The number of ether oxygens (including phenoxy) is 1. The van der Waals surface area contributed by atoms with Gasteiger partial charge in [-0.1, -0.05) is 23.7 Å². The van der Waals surface area contributed by atoms with Crippen LogP contribution in [0.2, 0.25) is 5.02 Å². The van der Waals surface area contributed by atoms with Gasteiger partial charge < -0.3 is 9.30 Å². The van der Waals surface area contributed by atoms with Crippen molar-refractivity contribution in [2.24, 2.45) is 7.05 Å². The quantitative estimate of drug-likeness (QED) is 0.809. The van der Waals surface area contributed by atoms with Crippen molar-refractivity contribution in [1.29, 1.82) is 0 Å². The number of aromatic nitrogens is 1. The van der Waals surface area contributed by atoms with E-state index >= 15 is 0 Å². The summed E-state index contributed by atoms with van der Waals surface area (Å²) in [5, 5.41) is 0.561. The summed E-state index contributed by atoms with van der Waals surface area (Å²) in [6.45, 7) is 2.48. The monoisotopic (exact) mass is 290 g/mol. The molecule has 1 aliphatic rings. The summed E-state index contributed by atoms with van der Waals surface area (Å²) in [5.74, 6) is 0.668. The van der Waals surface area contributed by atoms with E-state index in [1.54, 1.807) is 21.7 Å². The van der Waals surface area contributed by atoms with Crippen LogP contribution in [0.25, 0.3) is 0 Å². The minimum atomic E-state index is -0.0676. The maximum Gasteiger partial charge on any atom is 0.275 e. The van der Waals surface area contributed by atoms with E-state index in [2.05, 4.69) is 0 Å². The second kappa shape index (κ2) is 4.87. The molecule has 4 nitrogen and oxygen atoms in total. The normalized spacial score (nSPS) is 17.6. The van der Waals surface area contributed by atoms with Gasteiger partial charge in [0.25, 0.3) is 5.91 Å². The lowest BCUT2D eigenvalue weighted by atomic mass is 10.2. The molecule has 0 aliphatic carbocycles. The third-order valence-electron chi connectivity index (χ3n) is 3.36. The van der Waals surface area contributed by atoms with Crippen molar-refractivity contribution in [2.45, 2.75) is 13.0 Å². The Labute approximate surface area is 122 Å². The van der Waals surface area contributed by atoms with Crippen molar-refractivity contribution in [3.05, 3.63) is 47.2 Å². The first kappa shape index (κ1) is 13.1. The van der Waals surface area contributed by atoms with Crippen LogP contribution < -0.4 is 9.64 Å². The van der Waals surface area contributed by atoms with Gasteiger partial charge in [0.05, 0.1) is 17.3 Å². The molecule has 0 radical (unpaired) electrons. The Kier molecular flexibility index (Phi) is 3.18. The summed E-state index contributed by atoms with van der Waals surface area (Å²) in [4.78, 5) is 14.5. The van der Waals surface area contributed by atoms with E-state index in [4.69, 9.17) is 16.3 Å². The van der Waals surface area contributed by atoms with Crippen molar-refractivity contribution < 1.29 is 9.53 Å². The molecule has 0 bridgehead atoms. The summed E-state index contributed by atoms with van der Waals surface area (Å²) in [6, 6.07) is 9.26. The Morgan fingerprint density at radius 3 is 2.85 bits per heavy atom. The third kappa shape index (κ3) is 2.16. The second-order valence-electron chi connectivity index (χ2n) is 4.97. The summed E-state index contributed by atoms with van der Waals surface area (Å²) in [6.07, 6.45) is 1.69. The van der Waals surface area contributed by atoms with Gasteiger partial charge >= 0.3 is 0 Å². The van der Waals surface area contributed by atoms with Gasteiger partial charge in [0.15, 0.2) is 0 Å². The van der Waals surface area contributed by atoms with E-state index in [9.17, 15) is 4.79 Å². The number of aryl methyl sites for hydroxylation is 1. The van der Waals surface area contributed by atoms with Crippen LogP contribution in [-0.2, 0) is 7.05 Å². The fourth-order valence-corrected chi connectivity index (χ4v) is 2.71. The van der Waals surface area contributed by atoms with Crippen LogP contribution in [-0.4, -0.2) is 23.1 Å². The van der Waals surface area contributed by atoms with E-state index in [0.29, 0.717) is 17.3 Å². The SMILES string of the molecule is C[C@H]1CN(C(=O)c2cc(Cl)cn2C)c2ccccc2O1. The number of hydrogen-bond donors (Lipinski definition) is 0. The van der Waals surface area contributed by atoms with Gasteiger partial charge in [-0.2, -0.15) is 0 Å². The maximum atomic E-state index is 12.7. The number of benzene rings is 1. The maximum absolute atomic E-state index is 12.7. The van der Waals surface area contributed by atoms with Crippen LogP contribution in [0.15, 0.2) is 36.5 Å². The zero-order valence-corrected chi connectivity index (χ0v) is 12.1. The number of rotatable bonds is 1. The Hall–Kier alpha value is -1.94. The molecule has 1 aromatic heterocycles. The lowest BCUT2D eigenvalue weighted by Gasteiger charge is -2.33. The number of carbonyl (C=O) groups excluding carboxylic acids is 1. The average molecular weight is 291 g/mol. The number of para-hydroxylation sites is 2. The molecule has 2 heterocycles. The molecular formula is C15H15ClN2O2. The number of hydrogen-bond acceptors (Lipinski definition) is 2. The van der Waals surface area contributed by atoms with E-state index in [0.717, 1.165) is 11.4 Å². The highest BCUT2D eigenvalue weighted by Gasteiger charge is 2.29. The molecule has 0 saturated heterocycles. The predicted molar refractivity (Wildman–Crippen MR) is 78.6 cm³/mol. The van der Waals surface area contributed by atoms with Crippen LogP contribution in [0, 0.1) is 0 Å². The van der Waals surface area contributed by atoms with Gasteiger partial charge in [0.2, 0.25) is 0 Å². The Morgan fingerprint density at radius 1 is 1.40 bits per heavy atom. The lowest BCUT2D eigenvalue weighted by molar-refractivity contribution is 0.0953. The molecule has 20 heavy (non-hydrogen) atoms. The van der Waals surface area contributed by atoms with Crippen molar-refractivity contribution >= 4 is 23.2 Å². The first-order valence-electron chi connectivity index (χ1n) is 6.45. The molecule has 1 atom stereocenters. The molecule has 0 fully saturated rings. The van der Waals surface area contributed by atoms with Crippen LogP contribution in [0.1, 0.15) is 17.4 Å². The van der Waals surface area contributed by atoms with Gasteiger partial charge in [-0.3, -0.25) is 9.69 Å². The molecule has 1 amide bonds. The molecule has 0 unspecified atom stereocenters. The summed E-state index contributed by atoms with van der Waals surface area (Å²) in [7, 11) is 1.81. The standard InChI is InChI=1S/C15H15ClN2O2/c1-10-8-18(12-5-3-4-6-14(12)20-10)15(19)13-7-11(16)9-17(13)2/h3-7,9-10H,8H2,1-2H3/t10-/m0/s1. The molecule has 104 valence electrons. The molecule has 0 saturated carbocycles. The number of nitrogens with zero attached hydrogens (tertiary/aromatic N) is 2. The van der Waals surface area contributed by atoms with Crippen molar-refractivity contribution in [2.75, 3.05) is 11.4 Å². The molecule has 0 spiro atoms. The number of anilines is 1.